The number of anilines is 2. The largest absolute Gasteiger partial charge is 0.440 e. The van der Waals surface area contributed by atoms with Gasteiger partial charge in [0.15, 0.2) is 0 Å². The Bertz CT molecular complexity index is 585. The Morgan fingerprint density at radius 2 is 2.09 bits per heavy atom. The molecular weight excluding hydrogens is 287 g/mol. The van der Waals surface area contributed by atoms with Gasteiger partial charge in [0, 0.05) is 13.1 Å². The van der Waals surface area contributed by atoms with Gasteiger partial charge in [-0.2, -0.15) is 0 Å². The average molecular weight is 306 g/mol. The maximum atomic E-state index is 14.4. The fourth-order valence-electron chi connectivity index (χ4n) is 2.73. The Morgan fingerprint density at radius 1 is 1.32 bits per heavy atom. The van der Waals surface area contributed by atoms with E-state index in [0.717, 1.165) is 0 Å². The molecule has 2 aliphatic rings. The molecule has 1 atom stereocenters. The Morgan fingerprint density at radius 3 is 2.77 bits per heavy atom. The maximum Gasteiger partial charge on any atom is 0.415 e. The number of hydrogen-bond donors (Lipinski definition) is 0. The lowest BCUT2D eigenvalue weighted by Crippen LogP contribution is -2.36. The van der Waals surface area contributed by atoms with Crippen molar-refractivity contribution in [3.05, 3.63) is 36.2 Å². The predicted molar refractivity (Wildman–Crippen MR) is 81.9 cm³/mol. The molecule has 0 saturated carbocycles. The summed E-state index contributed by atoms with van der Waals surface area (Å²) in [7, 11) is 0. The first-order valence-corrected chi connectivity index (χ1v) is 7.42. The van der Waals surface area contributed by atoms with E-state index in [4.69, 9.17) is 9.47 Å². The molecule has 0 aliphatic carbocycles. The third-order valence-corrected chi connectivity index (χ3v) is 3.84. The van der Waals surface area contributed by atoms with Gasteiger partial charge in [-0.1, -0.05) is 6.08 Å². The van der Waals surface area contributed by atoms with Crippen LogP contribution in [0.1, 0.15) is 6.92 Å². The standard InChI is InChI=1S/C16H19FN2O3/c1-2-3-13-11-19(16(20)22-13)12-4-5-15(14(17)10-12)18-6-8-21-9-7-18/h2-5,10,13H,6-9,11H2,1H3/b3-2-. The van der Waals surface area contributed by atoms with Crippen molar-refractivity contribution in [3.8, 4) is 0 Å². The van der Waals surface area contributed by atoms with Gasteiger partial charge in [0.25, 0.3) is 0 Å². The number of ether oxygens (including phenoxy) is 2. The van der Waals surface area contributed by atoms with Gasteiger partial charge in [-0.25, -0.2) is 9.18 Å². The average Bonchev–Trinajstić information content (AvgIpc) is 2.89. The maximum absolute atomic E-state index is 14.4. The summed E-state index contributed by atoms with van der Waals surface area (Å²) < 4.78 is 24.9. The van der Waals surface area contributed by atoms with E-state index in [1.165, 1.54) is 11.0 Å². The highest BCUT2D eigenvalue weighted by atomic mass is 19.1. The first-order valence-electron chi connectivity index (χ1n) is 7.42. The molecular formula is C16H19FN2O3. The second-order valence-corrected chi connectivity index (χ2v) is 5.29. The third-order valence-electron chi connectivity index (χ3n) is 3.84. The number of amides is 1. The number of allylic oxidation sites excluding steroid dienone is 1. The molecule has 0 aromatic heterocycles. The summed E-state index contributed by atoms with van der Waals surface area (Å²) in [6.07, 6.45) is 2.93. The van der Waals surface area contributed by atoms with E-state index in [-0.39, 0.29) is 11.9 Å². The lowest BCUT2D eigenvalue weighted by atomic mass is 10.2. The van der Waals surface area contributed by atoms with Crippen LogP contribution in [0, 0.1) is 5.82 Å². The first-order chi connectivity index (χ1) is 10.7. The van der Waals surface area contributed by atoms with E-state index in [1.807, 2.05) is 24.0 Å². The molecule has 2 saturated heterocycles. The second-order valence-electron chi connectivity index (χ2n) is 5.29. The molecule has 1 unspecified atom stereocenters. The molecule has 22 heavy (non-hydrogen) atoms. The zero-order valence-corrected chi connectivity index (χ0v) is 12.5. The summed E-state index contributed by atoms with van der Waals surface area (Å²) in [5.74, 6) is -0.332. The van der Waals surface area contributed by atoms with Crippen molar-refractivity contribution in [2.24, 2.45) is 0 Å². The zero-order valence-electron chi connectivity index (χ0n) is 12.5. The number of morpholine rings is 1. The van der Waals surface area contributed by atoms with Gasteiger partial charge in [0.2, 0.25) is 0 Å². The van der Waals surface area contributed by atoms with Crippen LogP contribution in [0.15, 0.2) is 30.4 Å². The van der Waals surface area contributed by atoms with Crippen LogP contribution >= 0.6 is 0 Å². The Labute approximate surface area is 128 Å². The highest BCUT2D eigenvalue weighted by Gasteiger charge is 2.31. The molecule has 5 nitrogen and oxygen atoms in total. The van der Waals surface area contributed by atoms with Crippen LogP contribution in [0.3, 0.4) is 0 Å². The van der Waals surface area contributed by atoms with E-state index in [1.54, 1.807) is 12.1 Å². The quantitative estimate of drug-likeness (QED) is 0.805. The number of benzene rings is 1. The number of cyclic esters (lactones) is 1. The number of carbonyl (C=O) groups excluding carboxylic acids is 1. The summed E-state index contributed by atoms with van der Waals surface area (Å²) in [6.45, 7) is 4.82. The van der Waals surface area contributed by atoms with Gasteiger partial charge in [-0.15, -0.1) is 0 Å². The molecule has 0 N–H and O–H groups in total. The fraction of sp³-hybridized carbons (Fsp3) is 0.438. The minimum absolute atomic E-state index is 0.278. The second kappa shape index (κ2) is 6.36. The van der Waals surface area contributed by atoms with Gasteiger partial charge in [-0.05, 0) is 31.2 Å². The van der Waals surface area contributed by atoms with Gasteiger partial charge in [-0.3, -0.25) is 4.90 Å². The monoisotopic (exact) mass is 306 g/mol. The molecule has 0 bridgehead atoms. The van der Waals surface area contributed by atoms with Crippen molar-refractivity contribution < 1.29 is 18.7 Å². The van der Waals surface area contributed by atoms with Crippen molar-refractivity contribution in [1.29, 1.82) is 0 Å². The van der Waals surface area contributed by atoms with Crippen LogP contribution < -0.4 is 9.80 Å². The topological polar surface area (TPSA) is 42.0 Å². The minimum Gasteiger partial charge on any atom is -0.440 e. The highest BCUT2D eigenvalue weighted by Crippen LogP contribution is 2.28. The lowest BCUT2D eigenvalue weighted by molar-refractivity contribution is 0.122. The molecule has 2 heterocycles. The fourth-order valence-corrected chi connectivity index (χ4v) is 2.73. The molecule has 1 amide bonds. The van der Waals surface area contributed by atoms with Crippen LogP contribution in [0.4, 0.5) is 20.6 Å². The Hall–Kier alpha value is -2.08. The van der Waals surface area contributed by atoms with Crippen LogP contribution in [-0.4, -0.2) is 45.0 Å². The summed E-state index contributed by atoms with van der Waals surface area (Å²) in [5, 5.41) is 0. The molecule has 6 heteroatoms. The van der Waals surface area contributed by atoms with E-state index in [9.17, 15) is 9.18 Å². The summed E-state index contributed by atoms with van der Waals surface area (Å²) in [5.41, 5.74) is 1.07. The van der Waals surface area contributed by atoms with Crippen molar-refractivity contribution in [2.75, 3.05) is 42.6 Å². The number of carbonyl (C=O) groups is 1. The third kappa shape index (κ3) is 2.92. The van der Waals surface area contributed by atoms with Gasteiger partial charge in [0.1, 0.15) is 11.9 Å². The summed E-state index contributed by atoms with van der Waals surface area (Å²) >= 11 is 0. The van der Waals surface area contributed by atoms with Crippen molar-refractivity contribution in [2.45, 2.75) is 13.0 Å². The first kappa shape index (κ1) is 14.8. The number of nitrogens with zero attached hydrogens (tertiary/aromatic N) is 2. The zero-order chi connectivity index (χ0) is 15.5. The molecule has 1 aromatic carbocycles. The Balaban J connectivity index is 1.78. The number of hydrogen-bond acceptors (Lipinski definition) is 4. The van der Waals surface area contributed by atoms with E-state index in [0.29, 0.717) is 44.2 Å². The summed E-state index contributed by atoms with van der Waals surface area (Å²) in [6, 6.07) is 4.86. The predicted octanol–water partition coefficient (Wildman–Crippen LogP) is 2.56. The molecule has 2 fully saturated rings. The van der Waals surface area contributed by atoms with Gasteiger partial charge >= 0.3 is 6.09 Å². The number of halogens is 1. The molecule has 118 valence electrons. The van der Waals surface area contributed by atoms with Crippen molar-refractivity contribution in [1.82, 2.24) is 0 Å². The van der Waals surface area contributed by atoms with E-state index < -0.39 is 6.09 Å². The van der Waals surface area contributed by atoms with Gasteiger partial charge in [0.05, 0.1) is 31.1 Å². The normalized spacial score (nSPS) is 22.5. The van der Waals surface area contributed by atoms with Crippen molar-refractivity contribution >= 4 is 17.5 Å². The molecule has 0 radical (unpaired) electrons. The summed E-state index contributed by atoms with van der Waals surface area (Å²) in [4.78, 5) is 15.3. The smallest absolute Gasteiger partial charge is 0.415 e. The van der Waals surface area contributed by atoms with Crippen LogP contribution in [0.5, 0.6) is 0 Å². The lowest BCUT2D eigenvalue weighted by Gasteiger charge is -2.29. The SMILES string of the molecule is C/C=C\C1CN(c2ccc(N3CCOCC3)c(F)c2)C(=O)O1. The van der Waals surface area contributed by atoms with Crippen LogP contribution in [0.25, 0.3) is 0 Å². The minimum atomic E-state index is -0.443. The Kier molecular flexibility index (Phi) is 4.29. The van der Waals surface area contributed by atoms with Gasteiger partial charge < -0.3 is 14.4 Å². The molecule has 2 aliphatic heterocycles. The highest BCUT2D eigenvalue weighted by molar-refractivity contribution is 5.90. The molecule has 0 spiro atoms. The number of rotatable bonds is 3. The van der Waals surface area contributed by atoms with E-state index >= 15 is 0 Å². The molecule has 1 aromatic rings. The van der Waals surface area contributed by atoms with Crippen LogP contribution in [-0.2, 0) is 9.47 Å². The van der Waals surface area contributed by atoms with Crippen molar-refractivity contribution in [3.63, 3.8) is 0 Å². The van der Waals surface area contributed by atoms with E-state index in [2.05, 4.69) is 0 Å². The molecule has 3 rings (SSSR count). The van der Waals surface area contributed by atoms with Crippen LogP contribution in [0.2, 0.25) is 0 Å².